The number of carbonyl (C=O) groups excluding carboxylic acids is 2. The standard InChI is InChI=1S/C26H20F3N3O3/c27-26(28,29)18-9-7-16(8-10-18)19(17-11-13-30-14-12-17)3-1-6-24(34)31-21-4-2-5-22-20(21)15-23(33)25(35)32-22/h1-14,23,33H,15H2,(H,31,34)(H,32,35)/b6-1+,19-3+. The van der Waals surface area contributed by atoms with Crippen LogP contribution in [0.15, 0.2) is 85.2 Å². The molecule has 3 N–H and O–H groups in total. The van der Waals surface area contributed by atoms with Gasteiger partial charge >= 0.3 is 6.18 Å². The number of aliphatic hydroxyl groups is 1. The van der Waals surface area contributed by atoms with Crippen LogP contribution in [-0.4, -0.2) is 28.0 Å². The number of benzene rings is 2. The molecule has 1 aliphatic heterocycles. The van der Waals surface area contributed by atoms with Crippen LogP contribution in [0.2, 0.25) is 0 Å². The maximum atomic E-state index is 12.9. The van der Waals surface area contributed by atoms with Crippen LogP contribution in [0.5, 0.6) is 0 Å². The first kappa shape index (κ1) is 23.9. The molecule has 0 bridgehead atoms. The number of amides is 2. The summed E-state index contributed by atoms with van der Waals surface area (Å²) < 4.78 is 38.8. The van der Waals surface area contributed by atoms with E-state index >= 15 is 0 Å². The number of hydrogen-bond donors (Lipinski definition) is 3. The lowest BCUT2D eigenvalue weighted by Gasteiger charge is -2.23. The smallest absolute Gasteiger partial charge is 0.383 e. The van der Waals surface area contributed by atoms with Gasteiger partial charge in [-0.1, -0.05) is 30.4 Å². The van der Waals surface area contributed by atoms with E-state index in [1.165, 1.54) is 24.3 Å². The lowest BCUT2D eigenvalue weighted by atomic mass is 9.97. The minimum Gasteiger partial charge on any atom is -0.383 e. The molecule has 2 amide bonds. The first-order chi connectivity index (χ1) is 16.7. The topological polar surface area (TPSA) is 91.3 Å². The molecule has 1 atom stereocenters. The fraction of sp³-hybridized carbons (Fsp3) is 0.115. The first-order valence-corrected chi connectivity index (χ1v) is 10.6. The van der Waals surface area contributed by atoms with Crippen molar-refractivity contribution >= 4 is 28.8 Å². The van der Waals surface area contributed by atoms with Gasteiger partial charge in [-0.05, 0) is 53.1 Å². The van der Waals surface area contributed by atoms with Crippen LogP contribution in [0.25, 0.3) is 5.57 Å². The molecule has 0 aliphatic carbocycles. The van der Waals surface area contributed by atoms with E-state index < -0.39 is 29.7 Å². The van der Waals surface area contributed by atoms with Crippen molar-refractivity contribution in [3.05, 3.63) is 107 Å². The molecule has 6 nitrogen and oxygen atoms in total. The Labute approximate surface area is 198 Å². The quantitative estimate of drug-likeness (QED) is 0.369. The Bertz CT molecular complexity index is 1300. The van der Waals surface area contributed by atoms with Crippen molar-refractivity contribution in [1.29, 1.82) is 0 Å². The van der Waals surface area contributed by atoms with Gasteiger partial charge in [0.25, 0.3) is 5.91 Å². The third-order valence-corrected chi connectivity index (χ3v) is 5.42. The van der Waals surface area contributed by atoms with E-state index in [1.54, 1.807) is 48.8 Å². The largest absolute Gasteiger partial charge is 0.416 e. The number of fused-ring (bicyclic) bond motifs is 1. The number of nitrogens with zero attached hydrogens (tertiary/aromatic N) is 1. The van der Waals surface area contributed by atoms with E-state index in [0.717, 1.165) is 12.1 Å². The van der Waals surface area contributed by atoms with Gasteiger partial charge in [0.15, 0.2) is 0 Å². The first-order valence-electron chi connectivity index (χ1n) is 10.6. The molecule has 1 aromatic heterocycles. The molecule has 2 aromatic carbocycles. The number of hydrogen-bond acceptors (Lipinski definition) is 4. The summed E-state index contributed by atoms with van der Waals surface area (Å²) >= 11 is 0. The Kier molecular flexibility index (Phi) is 6.79. The van der Waals surface area contributed by atoms with Crippen LogP contribution < -0.4 is 10.6 Å². The Morgan fingerprint density at radius 2 is 1.74 bits per heavy atom. The summed E-state index contributed by atoms with van der Waals surface area (Å²) in [6.07, 6.45) is 1.96. The van der Waals surface area contributed by atoms with Gasteiger partial charge in [0, 0.05) is 41.8 Å². The van der Waals surface area contributed by atoms with Crippen molar-refractivity contribution in [1.82, 2.24) is 4.98 Å². The number of nitrogens with one attached hydrogen (secondary N) is 2. The molecule has 0 fully saturated rings. The fourth-order valence-corrected chi connectivity index (χ4v) is 3.68. The van der Waals surface area contributed by atoms with Crippen LogP contribution in [0, 0.1) is 0 Å². The molecule has 1 aliphatic rings. The number of halogens is 3. The minimum atomic E-state index is -4.44. The molecule has 9 heteroatoms. The molecule has 3 aromatic rings. The van der Waals surface area contributed by atoms with E-state index in [2.05, 4.69) is 15.6 Å². The number of rotatable bonds is 5. The molecule has 0 spiro atoms. The number of anilines is 2. The zero-order chi connectivity index (χ0) is 25.0. The van der Waals surface area contributed by atoms with Gasteiger partial charge in [0.1, 0.15) is 6.10 Å². The minimum absolute atomic E-state index is 0.0708. The van der Waals surface area contributed by atoms with Crippen LogP contribution in [0.3, 0.4) is 0 Å². The normalized spacial score (nSPS) is 16.1. The molecular formula is C26H20F3N3O3. The monoisotopic (exact) mass is 479 g/mol. The highest BCUT2D eigenvalue weighted by Gasteiger charge is 2.30. The number of aromatic nitrogens is 1. The molecule has 35 heavy (non-hydrogen) atoms. The number of aliphatic hydroxyl groups excluding tert-OH is 1. The summed E-state index contributed by atoms with van der Waals surface area (Å²) in [6.45, 7) is 0. The van der Waals surface area contributed by atoms with Gasteiger partial charge in [-0.15, -0.1) is 0 Å². The summed E-state index contributed by atoms with van der Waals surface area (Å²) in [5.41, 5.74) is 2.69. The van der Waals surface area contributed by atoms with Crippen LogP contribution in [-0.2, 0) is 22.2 Å². The van der Waals surface area contributed by atoms with Gasteiger partial charge < -0.3 is 15.7 Å². The summed E-state index contributed by atoms with van der Waals surface area (Å²) in [6, 6.07) is 13.2. The molecule has 178 valence electrons. The second-order valence-electron chi connectivity index (χ2n) is 7.78. The molecular weight excluding hydrogens is 459 g/mol. The Morgan fingerprint density at radius 1 is 1.06 bits per heavy atom. The van der Waals surface area contributed by atoms with Gasteiger partial charge in [-0.25, -0.2) is 0 Å². The number of carbonyl (C=O) groups is 2. The van der Waals surface area contributed by atoms with Crippen molar-refractivity contribution in [2.45, 2.75) is 18.7 Å². The fourth-order valence-electron chi connectivity index (χ4n) is 3.68. The lowest BCUT2D eigenvalue weighted by Crippen LogP contribution is -2.34. The highest BCUT2D eigenvalue weighted by Crippen LogP contribution is 2.32. The van der Waals surface area contributed by atoms with Crippen molar-refractivity contribution in [2.75, 3.05) is 10.6 Å². The maximum absolute atomic E-state index is 12.9. The number of allylic oxidation sites excluding steroid dienone is 2. The molecule has 0 saturated carbocycles. The van der Waals surface area contributed by atoms with Gasteiger partial charge in [-0.3, -0.25) is 14.6 Å². The zero-order valence-corrected chi connectivity index (χ0v) is 18.2. The average molecular weight is 479 g/mol. The van der Waals surface area contributed by atoms with E-state index in [9.17, 15) is 27.9 Å². The third kappa shape index (κ3) is 5.64. The number of pyridine rings is 1. The lowest BCUT2D eigenvalue weighted by molar-refractivity contribution is -0.137. The molecule has 1 unspecified atom stereocenters. The van der Waals surface area contributed by atoms with Crippen LogP contribution >= 0.6 is 0 Å². The van der Waals surface area contributed by atoms with Crippen molar-refractivity contribution in [3.8, 4) is 0 Å². The zero-order valence-electron chi connectivity index (χ0n) is 18.2. The molecule has 0 radical (unpaired) electrons. The van der Waals surface area contributed by atoms with Gasteiger partial charge in [-0.2, -0.15) is 13.2 Å². The molecule has 2 heterocycles. The summed E-state index contributed by atoms with van der Waals surface area (Å²) in [5, 5.41) is 15.2. The second kappa shape index (κ2) is 9.94. The van der Waals surface area contributed by atoms with Crippen molar-refractivity contribution < 1.29 is 27.9 Å². The summed E-state index contributed by atoms with van der Waals surface area (Å²) in [7, 11) is 0. The predicted molar refractivity (Wildman–Crippen MR) is 125 cm³/mol. The van der Waals surface area contributed by atoms with E-state index in [1.807, 2.05) is 0 Å². The predicted octanol–water partition coefficient (Wildman–Crippen LogP) is 4.58. The van der Waals surface area contributed by atoms with Gasteiger partial charge in [0.2, 0.25) is 5.91 Å². The number of alkyl halides is 3. The van der Waals surface area contributed by atoms with Crippen molar-refractivity contribution in [3.63, 3.8) is 0 Å². The SMILES string of the molecule is O=C(/C=C/C=C(/c1ccncc1)c1ccc(C(F)(F)F)cc1)Nc1cccc2c1CC(O)C(=O)N2. The van der Waals surface area contributed by atoms with Crippen LogP contribution in [0.4, 0.5) is 24.5 Å². The van der Waals surface area contributed by atoms with Gasteiger partial charge in [0.05, 0.1) is 5.56 Å². The van der Waals surface area contributed by atoms with Crippen LogP contribution in [0.1, 0.15) is 22.3 Å². The Balaban J connectivity index is 1.56. The average Bonchev–Trinajstić information content (AvgIpc) is 2.83. The summed E-state index contributed by atoms with van der Waals surface area (Å²) in [5.74, 6) is -0.958. The molecule has 0 saturated heterocycles. The Hall–Kier alpha value is -4.24. The molecule has 4 rings (SSSR count). The van der Waals surface area contributed by atoms with E-state index in [0.29, 0.717) is 33.6 Å². The highest BCUT2D eigenvalue weighted by molar-refractivity contribution is 6.03. The van der Waals surface area contributed by atoms with E-state index in [-0.39, 0.29) is 6.42 Å². The highest BCUT2D eigenvalue weighted by atomic mass is 19.4. The summed E-state index contributed by atoms with van der Waals surface area (Å²) in [4.78, 5) is 28.2. The second-order valence-corrected chi connectivity index (χ2v) is 7.78. The van der Waals surface area contributed by atoms with Crippen molar-refractivity contribution in [2.24, 2.45) is 0 Å². The Morgan fingerprint density at radius 3 is 2.43 bits per heavy atom. The van der Waals surface area contributed by atoms with E-state index in [4.69, 9.17) is 0 Å². The maximum Gasteiger partial charge on any atom is 0.416 e. The third-order valence-electron chi connectivity index (χ3n) is 5.42.